The molecule has 0 unspecified atom stereocenters. The topological polar surface area (TPSA) is 42.5 Å². The highest BCUT2D eigenvalue weighted by Crippen LogP contribution is 2.35. The summed E-state index contributed by atoms with van der Waals surface area (Å²) < 4.78 is 11.7. The van der Waals surface area contributed by atoms with E-state index in [1.807, 2.05) is 30.3 Å². The van der Waals surface area contributed by atoms with Crippen molar-refractivity contribution in [2.45, 2.75) is 31.7 Å². The molecule has 2 saturated heterocycles. The number of nitrogens with one attached hydrogen (secondary N) is 2. The summed E-state index contributed by atoms with van der Waals surface area (Å²) in [4.78, 5) is 0. The highest BCUT2D eigenvalue weighted by atomic mass is 32.1. The lowest BCUT2D eigenvalue weighted by atomic mass is 9.85. The van der Waals surface area contributed by atoms with Crippen molar-refractivity contribution in [3.8, 4) is 5.75 Å². The summed E-state index contributed by atoms with van der Waals surface area (Å²) in [5.41, 5.74) is 2.38. The Bertz CT molecular complexity index is 720. The van der Waals surface area contributed by atoms with Crippen molar-refractivity contribution >= 4 is 17.3 Å². The molecule has 2 fully saturated rings. The predicted octanol–water partition coefficient (Wildman–Crippen LogP) is 3.54. The number of thiocarbonyl (C=S) groups is 1. The lowest BCUT2D eigenvalue weighted by Gasteiger charge is -2.43. The molecular weight excluding hydrogens is 332 g/mol. The molecule has 4 nitrogen and oxygen atoms in total. The Kier molecular flexibility index (Phi) is 4.85. The van der Waals surface area contributed by atoms with Crippen LogP contribution in [0, 0.1) is 5.92 Å². The monoisotopic (exact) mass is 354 g/mol. The molecule has 5 heteroatoms. The number of rotatable bonds is 4. The van der Waals surface area contributed by atoms with Gasteiger partial charge in [-0.2, -0.15) is 0 Å². The first-order valence-corrected chi connectivity index (χ1v) is 9.16. The Balaban J connectivity index is 1.44. The molecule has 0 radical (unpaired) electrons. The molecule has 4 rings (SSSR count). The van der Waals surface area contributed by atoms with Gasteiger partial charge in [-0.25, -0.2) is 0 Å². The van der Waals surface area contributed by atoms with E-state index in [0.29, 0.717) is 17.6 Å². The lowest BCUT2D eigenvalue weighted by Crippen LogP contribution is -2.58. The highest BCUT2D eigenvalue weighted by Gasteiger charge is 2.38. The van der Waals surface area contributed by atoms with Crippen molar-refractivity contribution in [2.24, 2.45) is 5.92 Å². The summed E-state index contributed by atoms with van der Waals surface area (Å²) in [6, 6.07) is 18.7. The number of fused-ring (bicyclic) bond motifs is 1. The van der Waals surface area contributed by atoms with Gasteiger partial charge in [0.1, 0.15) is 18.6 Å². The normalized spacial score (nSPS) is 25.4. The smallest absolute Gasteiger partial charge is 0.168 e. The summed E-state index contributed by atoms with van der Waals surface area (Å²) in [5, 5.41) is 7.31. The second-order valence-corrected chi connectivity index (χ2v) is 6.94. The third-order valence-electron chi connectivity index (χ3n) is 4.84. The summed E-state index contributed by atoms with van der Waals surface area (Å²) >= 11 is 5.35. The van der Waals surface area contributed by atoms with E-state index in [1.165, 1.54) is 11.1 Å². The molecule has 130 valence electrons. The van der Waals surface area contributed by atoms with Crippen molar-refractivity contribution in [1.82, 2.24) is 10.6 Å². The van der Waals surface area contributed by atoms with E-state index >= 15 is 0 Å². The molecule has 2 N–H and O–H groups in total. The van der Waals surface area contributed by atoms with Crippen LogP contribution in [0.3, 0.4) is 0 Å². The summed E-state index contributed by atoms with van der Waals surface area (Å²) in [7, 11) is 0. The van der Waals surface area contributed by atoms with Gasteiger partial charge in [0.15, 0.2) is 5.11 Å². The van der Waals surface area contributed by atoms with Crippen LogP contribution in [-0.2, 0) is 11.3 Å². The SMILES string of the molecule is S=C1N[C@H]2OCCC[C@H]2[C@H](c2ccc(OCc3ccccc3)cc2)N1. The molecule has 0 saturated carbocycles. The van der Waals surface area contributed by atoms with E-state index in [0.717, 1.165) is 25.2 Å². The molecular formula is C20H22N2O2S. The molecule has 2 aliphatic heterocycles. The van der Waals surface area contributed by atoms with Crippen molar-refractivity contribution in [3.63, 3.8) is 0 Å². The molecule has 2 aromatic rings. The zero-order valence-electron chi connectivity index (χ0n) is 14.0. The zero-order valence-corrected chi connectivity index (χ0v) is 14.8. The minimum absolute atomic E-state index is 0.0153. The van der Waals surface area contributed by atoms with E-state index < -0.39 is 0 Å². The number of hydrogen-bond acceptors (Lipinski definition) is 3. The fourth-order valence-corrected chi connectivity index (χ4v) is 3.80. The van der Waals surface area contributed by atoms with E-state index in [1.54, 1.807) is 0 Å². The van der Waals surface area contributed by atoms with Crippen LogP contribution in [0.4, 0.5) is 0 Å². The van der Waals surface area contributed by atoms with Gasteiger partial charge >= 0.3 is 0 Å². The molecule has 0 amide bonds. The molecule has 2 aliphatic rings. The van der Waals surface area contributed by atoms with Crippen LogP contribution in [0.2, 0.25) is 0 Å². The van der Waals surface area contributed by atoms with Crippen molar-refractivity contribution in [3.05, 3.63) is 65.7 Å². The van der Waals surface area contributed by atoms with Gasteiger partial charge in [0.25, 0.3) is 0 Å². The molecule has 0 spiro atoms. The van der Waals surface area contributed by atoms with Crippen LogP contribution in [0.1, 0.15) is 30.0 Å². The number of benzene rings is 2. The Morgan fingerprint density at radius 2 is 1.84 bits per heavy atom. The van der Waals surface area contributed by atoms with E-state index in [-0.39, 0.29) is 12.3 Å². The van der Waals surface area contributed by atoms with E-state index in [9.17, 15) is 0 Å². The molecule has 0 aliphatic carbocycles. The van der Waals surface area contributed by atoms with Gasteiger partial charge in [0, 0.05) is 12.5 Å². The molecule has 2 aromatic carbocycles. The zero-order chi connectivity index (χ0) is 17.1. The first-order chi connectivity index (χ1) is 12.3. The average Bonchev–Trinajstić information content (AvgIpc) is 2.67. The van der Waals surface area contributed by atoms with Gasteiger partial charge in [0.05, 0.1) is 6.04 Å². The predicted molar refractivity (Wildman–Crippen MR) is 101 cm³/mol. The van der Waals surface area contributed by atoms with E-state index in [4.69, 9.17) is 21.7 Å². The minimum atomic E-state index is 0.0153. The Labute approximate surface area is 153 Å². The minimum Gasteiger partial charge on any atom is -0.489 e. The lowest BCUT2D eigenvalue weighted by molar-refractivity contribution is -0.0536. The van der Waals surface area contributed by atoms with Crippen LogP contribution in [0.5, 0.6) is 5.75 Å². The highest BCUT2D eigenvalue weighted by molar-refractivity contribution is 7.80. The van der Waals surface area contributed by atoms with Gasteiger partial charge in [0.2, 0.25) is 0 Å². The first kappa shape index (κ1) is 16.4. The quantitative estimate of drug-likeness (QED) is 0.822. The fourth-order valence-electron chi connectivity index (χ4n) is 3.56. The first-order valence-electron chi connectivity index (χ1n) is 8.75. The maximum Gasteiger partial charge on any atom is 0.168 e. The third-order valence-corrected chi connectivity index (χ3v) is 5.08. The molecule has 3 atom stereocenters. The second kappa shape index (κ2) is 7.42. The molecule has 0 bridgehead atoms. The maximum atomic E-state index is 5.88. The summed E-state index contributed by atoms with van der Waals surface area (Å²) in [5.74, 6) is 1.26. The molecule has 25 heavy (non-hydrogen) atoms. The summed E-state index contributed by atoms with van der Waals surface area (Å²) in [6.07, 6.45) is 2.23. The van der Waals surface area contributed by atoms with Crippen LogP contribution in [0.25, 0.3) is 0 Å². The van der Waals surface area contributed by atoms with E-state index in [2.05, 4.69) is 34.9 Å². The Morgan fingerprint density at radius 1 is 1.04 bits per heavy atom. The van der Waals surface area contributed by atoms with Gasteiger partial charge < -0.3 is 20.1 Å². The van der Waals surface area contributed by atoms with Gasteiger partial charge in [-0.15, -0.1) is 0 Å². The number of ether oxygens (including phenoxy) is 2. The number of hydrogen-bond donors (Lipinski definition) is 2. The third kappa shape index (κ3) is 3.78. The van der Waals surface area contributed by atoms with Crippen molar-refractivity contribution in [2.75, 3.05) is 6.61 Å². The van der Waals surface area contributed by atoms with Gasteiger partial charge in [-0.05, 0) is 48.3 Å². The van der Waals surface area contributed by atoms with Gasteiger partial charge in [-0.3, -0.25) is 0 Å². The Hall–Kier alpha value is -2.11. The average molecular weight is 354 g/mol. The van der Waals surface area contributed by atoms with Crippen LogP contribution in [0.15, 0.2) is 54.6 Å². The standard InChI is InChI=1S/C20H22N2O2S/c25-20-21-18(17-7-4-12-23-19(17)22-20)15-8-10-16(11-9-15)24-13-14-5-2-1-3-6-14/h1-3,5-6,8-11,17-19H,4,7,12-13H2,(H2,21,22,25)/t17-,18-,19-/m0/s1. The molecule has 2 heterocycles. The van der Waals surface area contributed by atoms with Crippen LogP contribution >= 0.6 is 12.2 Å². The van der Waals surface area contributed by atoms with Crippen LogP contribution < -0.4 is 15.4 Å². The summed E-state index contributed by atoms with van der Waals surface area (Å²) in [6.45, 7) is 1.38. The van der Waals surface area contributed by atoms with Crippen molar-refractivity contribution < 1.29 is 9.47 Å². The molecule has 0 aromatic heterocycles. The maximum absolute atomic E-state index is 5.88. The fraction of sp³-hybridized carbons (Fsp3) is 0.350. The largest absolute Gasteiger partial charge is 0.489 e. The van der Waals surface area contributed by atoms with Gasteiger partial charge in [-0.1, -0.05) is 42.5 Å². The van der Waals surface area contributed by atoms with Crippen molar-refractivity contribution in [1.29, 1.82) is 0 Å². The second-order valence-electron chi connectivity index (χ2n) is 6.54. The Morgan fingerprint density at radius 3 is 2.64 bits per heavy atom. The van der Waals surface area contributed by atoms with Crippen LogP contribution in [-0.4, -0.2) is 17.9 Å².